The molecule has 0 atom stereocenters. The van der Waals surface area contributed by atoms with Gasteiger partial charge in [-0.1, -0.05) is 35.9 Å². The van der Waals surface area contributed by atoms with Crippen molar-refractivity contribution < 1.29 is 19.4 Å². The van der Waals surface area contributed by atoms with Gasteiger partial charge in [-0.05, 0) is 95.1 Å². The van der Waals surface area contributed by atoms with Crippen molar-refractivity contribution in [2.75, 3.05) is 6.54 Å². The van der Waals surface area contributed by atoms with Crippen molar-refractivity contribution in [2.45, 2.75) is 20.5 Å². The summed E-state index contributed by atoms with van der Waals surface area (Å²) in [7, 11) is 0. The number of carbonyl (C=O) groups excluding carboxylic acids is 1. The molecular weight excluding hydrogens is 528 g/mol. The van der Waals surface area contributed by atoms with Crippen LogP contribution >= 0.6 is 27.7 Å². The smallest absolute Gasteiger partial charge is 0.335 e. The second-order valence-corrected chi connectivity index (χ2v) is 9.73. The average molecular weight is 551 g/mol. The zero-order chi connectivity index (χ0) is 24.9. The molecule has 8 heteroatoms. The number of thioether (sulfide) groups is 1. The van der Waals surface area contributed by atoms with Gasteiger partial charge in [0, 0.05) is 6.54 Å². The van der Waals surface area contributed by atoms with Crippen molar-refractivity contribution in [1.29, 1.82) is 0 Å². The third-order valence-electron chi connectivity index (χ3n) is 5.31. The lowest BCUT2D eigenvalue weighted by Crippen LogP contribution is -2.28. The van der Waals surface area contributed by atoms with Crippen molar-refractivity contribution in [3.05, 3.63) is 98.4 Å². The van der Waals surface area contributed by atoms with E-state index in [9.17, 15) is 9.59 Å². The summed E-state index contributed by atoms with van der Waals surface area (Å²) in [6, 6.07) is 20.2. The second-order valence-electron chi connectivity index (χ2n) is 7.87. The topological polar surface area (TPSA) is 79.2 Å². The van der Waals surface area contributed by atoms with Crippen LogP contribution in [-0.4, -0.2) is 33.6 Å². The Kier molecular flexibility index (Phi) is 7.73. The summed E-state index contributed by atoms with van der Waals surface area (Å²) in [5.41, 5.74) is 3.93. The lowest BCUT2D eigenvalue weighted by atomic mass is 10.1. The maximum absolute atomic E-state index is 13.0. The molecule has 0 bridgehead atoms. The number of carbonyl (C=O) groups is 2. The van der Waals surface area contributed by atoms with Gasteiger partial charge in [0.25, 0.3) is 5.91 Å². The second kappa shape index (κ2) is 10.9. The average Bonchev–Trinajstić information content (AvgIpc) is 3.13. The van der Waals surface area contributed by atoms with Gasteiger partial charge in [-0.25, -0.2) is 9.79 Å². The minimum atomic E-state index is -0.993. The van der Waals surface area contributed by atoms with Crippen molar-refractivity contribution in [2.24, 2.45) is 4.99 Å². The van der Waals surface area contributed by atoms with Crippen LogP contribution in [0.3, 0.4) is 0 Å². The van der Waals surface area contributed by atoms with E-state index in [0.29, 0.717) is 28.9 Å². The Morgan fingerprint density at radius 3 is 2.46 bits per heavy atom. The molecule has 35 heavy (non-hydrogen) atoms. The molecule has 4 rings (SSSR count). The van der Waals surface area contributed by atoms with Crippen LogP contribution in [0.2, 0.25) is 0 Å². The molecule has 0 unspecified atom stereocenters. The highest BCUT2D eigenvalue weighted by Crippen LogP contribution is 2.35. The molecule has 0 aromatic heterocycles. The number of likely N-dealkylation sites (N-methyl/N-ethyl adjacent to an activating group) is 1. The number of amides is 1. The molecule has 1 fully saturated rings. The summed E-state index contributed by atoms with van der Waals surface area (Å²) in [5, 5.41) is 9.63. The summed E-state index contributed by atoms with van der Waals surface area (Å²) in [5.74, 6) is -0.387. The summed E-state index contributed by atoms with van der Waals surface area (Å²) in [4.78, 5) is 30.8. The molecule has 0 radical (unpaired) electrons. The summed E-state index contributed by atoms with van der Waals surface area (Å²) >= 11 is 4.87. The number of nitrogens with zero attached hydrogens (tertiary/aromatic N) is 2. The first kappa shape index (κ1) is 24.8. The largest absolute Gasteiger partial charge is 0.488 e. The number of carboxylic acids is 1. The van der Waals surface area contributed by atoms with Gasteiger partial charge in [0.2, 0.25) is 0 Å². The third-order valence-corrected chi connectivity index (χ3v) is 6.94. The normalized spacial score (nSPS) is 15.7. The molecule has 6 nitrogen and oxygen atoms in total. The number of ether oxygens (including phenoxy) is 1. The van der Waals surface area contributed by atoms with E-state index in [1.54, 1.807) is 17.0 Å². The van der Waals surface area contributed by atoms with Gasteiger partial charge >= 0.3 is 5.97 Å². The zero-order valence-corrected chi connectivity index (χ0v) is 21.6. The van der Waals surface area contributed by atoms with E-state index in [-0.39, 0.29) is 11.5 Å². The Labute approximate surface area is 216 Å². The van der Waals surface area contributed by atoms with E-state index in [1.165, 1.54) is 29.5 Å². The van der Waals surface area contributed by atoms with Crippen LogP contribution in [-0.2, 0) is 11.4 Å². The minimum Gasteiger partial charge on any atom is -0.488 e. The number of halogens is 1. The number of amidine groups is 1. The van der Waals surface area contributed by atoms with Gasteiger partial charge in [-0.2, -0.15) is 0 Å². The molecule has 178 valence electrons. The third kappa shape index (κ3) is 6.01. The van der Waals surface area contributed by atoms with Gasteiger partial charge in [0.15, 0.2) is 5.17 Å². The number of rotatable bonds is 7. The van der Waals surface area contributed by atoms with Gasteiger partial charge in [0.05, 0.1) is 20.6 Å². The molecule has 1 aliphatic heterocycles. The van der Waals surface area contributed by atoms with Crippen LogP contribution in [0.4, 0.5) is 5.69 Å². The molecule has 1 heterocycles. The molecule has 1 N–H and O–H groups in total. The molecule has 1 saturated heterocycles. The Morgan fingerprint density at radius 1 is 1.11 bits per heavy atom. The monoisotopic (exact) mass is 550 g/mol. The molecule has 0 aliphatic carbocycles. The number of carboxylic acid groups (broad SMARTS) is 1. The Bertz CT molecular complexity index is 1320. The number of hydrogen-bond acceptors (Lipinski definition) is 5. The van der Waals surface area contributed by atoms with Crippen molar-refractivity contribution in [3.8, 4) is 5.75 Å². The zero-order valence-electron chi connectivity index (χ0n) is 19.2. The van der Waals surface area contributed by atoms with Crippen LogP contribution in [0.15, 0.2) is 81.1 Å². The van der Waals surface area contributed by atoms with E-state index < -0.39 is 5.97 Å². The predicted octanol–water partition coefficient (Wildman–Crippen LogP) is 6.66. The molecule has 0 spiro atoms. The molecule has 0 saturated carbocycles. The van der Waals surface area contributed by atoms with Crippen LogP contribution < -0.4 is 4.74 Å². The van der Waals surface area contributed by atoms with E-state index in [2.05, 4.69) is 40.0 Å². The Balaban J connectivity index is 1.50. The van der Waals surface area contributed by atoms with Crippen LogP contribution in [0.25, 0.3) is 6.08 Å². The fourth-order valence-electron chi connectivity index (χ4n) is 3.38. The molecule has 3 aromatic carbocycles. The van der Waals surface area contributed by atoms with Gasteiger partial charge in [-0.3, -0.25) is 9.69 Å². The first-order valence-corrected chi connectivity index (χ1v) is 12.6. The predicted molar refractivity (Wildman–Crippen MR) is 143 cm³/mol. The molecular formula is C27H23BrN2O4S. The highest BCUT2D eigenvalue weighted by Gasteiger charge is 2.32. The summed E-state index contributed by atoms with van der Waals surface area (Å²) in [6.45, 7) is 4.88. The first-order valence-electron chi connectivity index (χ1n) is 11.0. The van der Waals surface area contributed by atoms with Crippen molar-refractivity contribution in [1.82, 2.24) is 4.90 Å². The van der Waals surface area contributed by atoms with Gasteiger partial charge in [-0.15, -0.1) is 0 Å². The number of benzene rings is 3. The van der Waals surface area contributed by atoms with Crippen LogP contribution in [0.5, 0.6) is 5.75 Å². The Morgan fingerprint density at radius 2 is 1.83 bits per heavy atom. The SMILES string of the molecule is CCN1C(=O)/C(=C\c2ccc(OCc3ccc(C)cc3)c(Br)c2)SC1=Nc1ccc(C(=O)O)cc1. The lowest BCUT2D eigenvalue weighted by molar-refractivity contribution is -0.122. The van der Waals surface area contributed by atoms with Crippen molar-refractivity contribution >= 4 is 56.5 Å². The fourth-order valence-corrected chi connectivity index (χ4v) is 4.95. The Hall–Kier alpha value is -3.36. The van der Waals surface area contributed by atoms with E-state index >= 15 is 0 Å². The number of aliphatic imine (C=N–C) groups is 1. The maximum Gasteiger partial charge on any atom is 0.335 e. The highest BCUT2D eigenvalue weighted by molar-refractivity contribution is 9.10. The molecule has 1 aliphatic rings. The van der Waals surface area contributed by atoms with Crippen molar-refractivity contribution in [3.63, 3.8) is 0 Å². The van der Waals surface area contributed by atoms with E-state index in [0.717, 1.165) is 21.3 Å². The summed E-state index contributed by atoms with van der Waals surface area (Å²) in [6.07, 6.45) is 1.83. The quantitative estimate of drug-likeness (QED) is 0.333. The standard InChI is InChI=1S/C27H23BrN2O4S/c1-3-30-25(31)24(35-27(30)29-21-11-9-20(10-12-21)26(32)33)15-19-8-13-23(22(28)14-19)34-16-18-6-4-17(2)5-7-18/h4-15H,3,16H2,1-2H3,(H,32,33)/b24-15+,29-27?. The van der Waals surface area contributed by atoms with E-state index in [1.807, 2.05) is 43.3 Å². The van der Waals surface area contributed by atoms with Crippen LogP contribution in [0, 0.1) is 6.92 Å². The lowest BCUT2D eigenvalue weighted by Gasteiger charge is -2.12. The molecule has 3 aromatic rings. The van der Waals surface area contributed by atoms with Gasteiger partial charge in [0.1, 0.15) is 12.4 Å². The van der Waals surface area contributed by atoms with Crippen LogP contribution in [0.1, 0.15) is 34.0 Å². The maximum atomic E-state index is 13.0. The fraction of sp³-hybridized carbons (Fsp3) is 0.148. The minimum absolute atomic E-state index is 0.116. The number of aromatic carboxylic acids is 1. The number of hydrogen-bond donors (Lipinski definition) is 1. The summed E-state index contributed by atoms with van der Waals surface area (Å²) < 4.78 is 6.75. The number of aryl methyl sites for hydroxylation is 1. The molecule has 1 amide bonds. The highest BCUT2D eigenvalue weighted by atomic mass is 79.9. The van der Waals surface area contributed by atoms with E-state index in [4.69, 9.17) is 9.84 Å². The first-order chi connectivity index (χ1) is 16.8. The van der Waals surface area contributed by atoms with Gasteiger partial charge < -0.3 is 9.84 Å².